The number of amides is 1. The number of nitrogens with zero attached hydrogens (tertiary/aromatic N) is 3. The molecule has 2 saturated heterocycles. The van der Waals surface area contributed by atoms with E-state index >= 15 is 0 Å². The second kappa shape index (κ2) is 9.31. The van der Waals surface area contributed by atoms with Crippen molar-refractivity contribution in [2.75, 3.05) is 46.0 Å². The molecule has 11 heteroatoms. The van der Waals surface area contributed by atoms with E-state index in [9.17, 15) is 22.0 Å². The molecule has 1 spiro atoms. The van der Waals surface area contributed by atoms with Crippen LogP contribution in [-0.4, -0.2) is 56.2 Å². The van der Waals surface area contributed by atoms with Crippen LogP contribution < -0.4 is 19.8 Å². The number of carbonyl (C=O) groups is 1. The Morgan fingerprint density at radius 1 is 0.949 bits per heavy atom. The molecule has 3 heterocycles. The quantitative estimate of drug-likeness (QED) is 0.482. The molecule has 0 unspecified atom stereocenters. The van der Waals surface area contributed by atoms with Crippen molar-refractivity contribution in [3.05, 3.63) is 42.0 Å². The van der Waals surface area contributed by atoms with Crippen molar-refractivity contribution in [1.82, 2.24) is 4.98 Å². The van der Waals surface area contributed by atoms with Gasteiger partial charge in [-0.05, 0) is 87.6 Å². The van der Waals surface area contributed by atoms with Gasteiger partial charge in [0, 0.05) is 26.1 Å². The maximum absolute atomic E-state index is 14.0. The van der Waals surface area contributed by atoms with Gasteiger partial charge >= 0.3 is 0 Å². The van der Waals surface area contributed by atoms with Crippen molar-refractivity contribution in [2.24, 2.45) is 5.41 Å². The average Bonchev–Trinajstić information content (AvgIpc) is 3.82. The van der Waals surface area contributed by atoms with E-state index in [4.69, 9.17) is 0 Å². The molecule has 4 fully saturated rings. The molecule has 0 radical (unpaired) electrons. The van der Waals surface area contributed by atoms with E-state index in [0.717, 1.165) is 25.9 Å². The summed E-state index contributed by atoms with van der Waals surface area (Å²) >= 11 is 0. The number of anilines is 4. The molecule has 1 amide bonds. The van der Waals surface area contributed by atoms with Crippen LogP contribution in [0.2, 0.25) is 0 Å². The number of aromatic nitrogens is 1. The van der Waals surface area contributed by atoms with Crippen LogP contribution >= 0.6 is 0 Å². The molecule has 210 valence electrons. The lowest BCUT2D eigenvalue weighted by Crippen LogP contribution is -2.43. The van der Waals surface area contributed by atoms with Gasteiger partial charge in [0.1, 0.15) is 11.6 Å². The molecule has 2 aliphatic carbocycles. The van der Waals surface area contributed by atoms with Crippen molar-refractivity contribution in [3.63, 3.8) is 0 Å². The molecule has 4 aliphatic rings. The summed E-state index contributed by atoms with van der Waals surface area (Å²) in [6.07, 6.45) is 6.09. The lowest BCUT2D eigenvalue weighted by atomic mass is 9.93. The number of benzene rings is 1. The monoisotopic (exact) mass is 559 g/mol. The fourth-order valence-corrected chi connectivity index (χ4v) is 7.01. The standard InChI is InChI=1S/C28H35F2N5O3S/c1-26(9-10-26)39(37,38)33-20-6-7-21(22(18-20)34-16-13-27(11-12-27)14-17-34)25(36)32-23-4-2-5-24(31-23)35-15-3-8-28(29,30)19-35/h2,4-7,18,33H,3,8-17,19H2,1H3,(H,31,32,36). The third kappa shape index (κ3) is 5.42. The first-order valence-electron chi connectivity index (χ1n) is 13.8. The average molecular weight is 560 g/mol. The van der Waals surface area contributed by atoms with Crippen LogP contribution in [0.3, 0.4) is 0 Å². The third-order valence-corrected chi connectivity index (χ3v) is 11.1. The van der Waals surface area contributed by atoms with Crippen molar-refractivity contribution in [2.45, 2.75) is 69.0 Å². The topological polar surface area (TPSA) is 94.6 Å². The van der Waals surface area contributed by atoms with Crippen molar-refractivity contribution >= 4 is 38.9 Å². The second-order valence-corrected chi connectivity index (χ2v) is 14.2. The van der Waals surface area contributed by atoms with Gasteiger partial charge in [0.15, 0.2) is 0 Å². The molecule has 2 saturated carbocycles. The van der Waals surface area contributed by atoms with Crippen LogP contribution in [0.4, 0.5) is 31.8 Å². The molecule has 1 aromatic carbocycles. The summed E-state index contributed by atoms with van der Waals surface area (Å²) in [5, 5.41) is 2.84. The Labute approximate surface area is 228 Å². The number of rotatable bonds is 7. The van der Waals surface area contributed by atoms with Crippen molar-refractivity contribution < 1.29 is 22.0 Å². The van der Waals surface area contributed by atoms with Crippen molar-refractivity contribution in [3.8, 4) is 0 Å². The second-order valence-electron chi connectivity index (χ2n) is 12.0. The van der Waals surface area contributed by atoms with E-state index in [2.05, 4.69) is 19.9 Å². The SMILES string of the molecule is CC1(S(=O)(=O)Nc2ccc(C(=O)Nc3cccc(N4CCCC(F)(F)C4)n3)c(N3CCC4(CC3)CC4)c2)CC1. The summed E-state index contributed by atoms with van der Waals surface area (Å²) in [6.45, 7) is 3.42. The summed E-state index contributed by atoms with van der Waals surface area (Å²) in [6, 6.07) is 10.0. The zero-order valence-electron chi connectivity index (χ0n) is 22.2. The minimum Gasteiger partial charge on any atom is -0.371 e. The Balaban J connectivity index is 1.24. The highest BCUT2D eigenvalue weighted by Crippen LogP contribution is 2.54. The first-order chi connectivity index (χ1) is 18.5. The minimum atomic E-state index is -3.54. The molecule has 8 nitrogen and oxygen atoms in total. The first-order valence-corrected chi connectivity index (χ1v) is 15.3. The van der Waals surface area contributed by atoms with E-state index in [1.165, 1.54) is 12.8 Å². The number of carbonyl (C=O) groups excluding carboxylic acids is 1. The van der Waals surface area contributed by atoms with Gasteiger partial charge in [0.05, 0.1) is 28.2 Å². The van der Waals surface area contributed by atoms with Gasteiger partial charge in [0.25, 0.3) is 11.8 Å². The molecular weight excluding hydrogens is 524 g/mol. The summed E-state index contributed by atoms with van der Waals surface area (Å²) in [5.74, 6) is -2.47. The van der Waals surface area contributed by atoms with Crippen LogP contribution in [0.1, 0.15) is 68.6 Å². The van der Waals surface area contributed by atoms with E-state index in [0.29, 0.717) is 54.0 Å². The molecule has 6 rings (SSSR count). The highest BCUT2D eigenvalue weighted by Gasteiger charge is 2.50. The third-order valence-electron chi connectivity index (χ3n) is 8.91. The van der Waals surface area contributed by atoms with E-state index in [1.807, 2.05) is 0 Å². The number of piperidine rings is 2. The molecule has 2 N–H and O–H groups in total. The smallest absolute Gasteiger partial charge is 0.265 e. The fourth-order valence-electron chi connectivity index (χ4n) is 5.68. The Bertz CT molecular complexity index is 1380. The van der Waals surface area contributed by atoms with Gasteiger partial charge in [-0.3, -0.25) is 9.52 Å². The number of halogens is 2. The van der Waals surface area contributed by atoms with Gasteiger partial charge in [-0.25, -0.2) is 22.2 Å². The molecule has 0 atom stereocenters. The van der Waals surface area contributed by atoms with Crippen LogP contribution in [0, 0.1) is 5.41 Å². The summed E-state index contributed by atoms with van der Waals surface area (Å²) in [7, 11) is -3.54. The number of sulfonamides is 1. The van der Waals surface area contributed by atoms with Gasteiger partial charge in [0.2, 0.25) is 10.0 Å². The molecular formula is C28H35F2N5O3S. The number of hydrogen-bond donors (Lipinski definition) is 2. The molecule has 2 aliphatic heterocycles. The van der Waals surface area contributed by atoms with E-state index in [-0.39, 0.29) is 18.1 Å². The molecule has 39 heavy (non-hydrogen) atoms. The van der Waals surface area contributed by atoms with Crippen LogP contribution in [0.15, 0.2) is 36.4 Å². The van der Waals surface area contributed by atoms with Gasteiger partial charge in [-0.2, -0.15) is 0 Å². The Morgan fingerprint density at radius 3 is 2.36 bits per heavy atom. The Hall–Kier alpha value is -2.95. The highest BCUT2D eigenvalue weighted by atomic mass is 32.2. The van der Waals surface area contributed by atoms with Crippen LogP contribution in [-0.2, 0) is 10.0 Å². The summed E-state index contributed by atoms with van der Waals surface area (Å²) < 4.78 is 55.6. The zero-order valence-corrected chi connectivity index (χ0v) is 23.0. The van der Waals surface area contributed by atoms with E-state index < -0.39 is 27.2 Å². The normalized spacial score (nSPS) is 22.8. The lowest BCUT2D eigenvalue weighted by molar-refractivity contribution is -0.0118. The number of pyridine rings is 1. The van der Waals surface area contributed by atoms with Gasteiger partial charge in [-0.1, -0.05) is 6.07 Å². The van der Waals surface area contributed by atoms with E-state index in [1.54, 1.807) is 48.2 Å². The predicted octanol–water partition coefficient (Wildman–Crippen LogP) is 5.24. The largest absolute Gasteiger partial charge is 0.371 e. The number of alkyl halides is 2. The van der Waals surface area contributed by atoms with Gasteiger partial charge in [-0.15, -0.1) is 0 Å². The highest BCUT2D eigenvalue weighted by molar-refractivity contribution is 7.94. The maximum Gasteiger partial charge on any atom is 0.265 e. The molecule has 0 bridgehead atoms. The maximum atomic E-state index is 14.0. The number of nitrogens with one attached hydrogen (secondary N) is 2. The van der Waals surface area contributed by atoms with Crippen LogP contribution in [0.5, 0.6) is 0 Å². The van der Waals surface area contributed by atoms with Crippen LogP contribution in [0.25, 0.3) is 0 Å². The number of hydrogen-bond acceptors (Lipinski definition) is 6. The van der Waals surface area contributed by atoms with Crippen molar-refractivity contribution in [1.29, 1.82) is 0 Å². The Morgan fingerprint density at radius 2 is 1.69 bits per heavy atom. The molecule has 1 aromatic heterocycles. The summed E-state index contributed by atoms with van der Waals surface area (Å²) in [4.78, 5) is 21.7. The Kier molecular flexibility index (Phi) is 6.28. The minimum absolute atomic E-state index is 0.133. The first kappa shape index (κ1) is 26.3. The van der Waals surface area contributed by atoms with Gasteiger partial charge < -0.3 is 15.1 Å². The zero-order chi connectivity index (χ0) is 27.5. The lowest BCUT2D eigenvalue weighted by Gasteiger charge is -2.35. The fraction of sp³-hybridized carbons (Fsp3) is 0.571. The summed E-state index contributed by atoms with van der Waals surface area (Å²) in [5.41, 5.74) is 1.97. The molecule has 2 aromatic rings. The predicted molar refractivity (Wildman–Crippen MR) is 148 cm³/mol.